The van der Waals surface area contributed by atoms with Crippen molar-refractivity contribution in [1.29, 1.82) is 0 Å². The van der Waals surface area contributed by atoms with Gasteiger partial charge in [0.2, 0.25) is 5.91 Å². The van der Waals surface area contributed by atoms with Crippen LogP contribution in [0.15, 0.2) is 122 Å². The number of aliphatic hydroxyl groups is 1. The number of nitrogens with zero attached hydrogens (tertiary/aromatic N) is 1. The fourth-order valence-corrected chi connectivity index (χ4v) is 8.89. The van der Waals surface area contributed by atoms with Crippen LogP contribution in [0.3, 0.4) is 0 Å². The summed E-state index contributed by atoms with van der Waals surface area (Å²) in [6, 6.07) is -0.939. The molecule has 1 amide bonds. The van der Waals surface area contributed by atoms with Crippen LogP contribution in [0.1, 0.15) is 239 Å². The predicted molar refractivity (Wildman–Crippen MR) is 325 cm³/mol. The Labute approximate surface area is 463 Å². The molecular formula is C66H115N2O6P. The van der Waals surface area contributed by atoms with E-state index in [1.165, 1.54) is 122 Å². The Morgan fingerprint density at radius 1 is 0.480 bits per heavy atom. The zero-order valence-corrected chi connectivity index (χ0v) is 49.8. The normalized spacial score (nSPS) is 14.7. The average molecular weight is 1060 g/mol. The highest BCUT2D eigenvalue weighted by Crippen LogP contribution is 2.38. The maximum atomic E-state index is 13.0. The zero-order chi connectivity index (χ0) is 54.9. The molecule has 0 aromatic carbocycles. The largest absolute Gasteiger partial charge is 0.756 e. The van der Waals surface area contributed by atoms with Crippen LogP contribution >= 0.6 is 7.82 Å². The Bertz CT molecular complexity index is 1630. The quantitative estimate of drug-likeness (QED) is 0.0272. The number of allylic oxidation sites excluding steroid dienone is 19. The topological polar surface area (TPSA) is 108 Å². The van der Waals surface area contributed by atoms with E-state index in [-0.39, 0.29) is 18.9 Å². The van der Waals surface area contributed by atoms with Crippen molar-refractivity contribution in [2.24, 2.45) is 0 Å². The fraction of sp³-hybridized carbons (Fsp3) is 0.682. The summed E-state index contributed by atoms with van der Waals surface area (Å²) in [6.07, 6.45) is 83.0. The number of nitrogens with one attached hydrogen (secondary N) is 1. The average Bonchev–Trinajstić information content (AvgIpc) is 3.37. The minimum absolute atomic E-state index is 0.0229. The second-order valence-corrected chi connectivity index (χ2v) is 22.7. The number of phosphoric acid groups is 1. The highest BCUT2D eigenvalue weighted by Gasteiger charge is 2.23. The summed E-state index contributed by atoms with van der Waals surface area (Å²) in [6.45, 7) is 4.48. The van der Waals surface area contributed by atoms with E-state index >= 15 is 0 Å². The van der Waals surface area contributed by atoms with E-state index in [9.17, 15) is 19.4 Å². The van der Waals surface area contributed by atoms with Crippen LogP contribution in [0.25, 0.3) is 0 Å². The van der Waals surface area contributed by atoms with E-state index in [2.05, 4.69) is 129 Å². The van der Waals surface area contributed by atoms with Crippen LogP contribution in [0, 0.1) is 0 Å². The van der Waals surface area contributed by atoms with Crippen molar-refractivity contribution in [1.82, 2.24) is 5.32 Å². The van der Waals surface area contributed by atoms with E-state index < -0.39 is 26.6 Å². The van der Waals surface area contributed by atoms with Crippen LogP contribution < -0.4 is 10.2 Å². The molecule has 0 aromatic rings. The second-order valence-electron chi connectivity index (χ2n) is 21.3. The van der Waals surface area contributed by atoms with Crippen LogP contribution in [-0.2, 0) is 18.4 Å². The van der Waals surface area contributed by atoms with Crippen molar-refractivity contribution in [3.05, 3.63) is 122 Å². The van der Waals surface area contributed by atoms with Gasteiger partial charge in [-0.2, -0.15) is 0 Å². The number of phosphoric ester groups is 1. The van der Waals surface area contributed by atoms with Crippen LogP contribution in [0.2, 0.25) is 0 Å². The van der Waals surface area contributed by atoms with Crippen molar-refractivity contribution < 1.29 is 32.9 Å². The number of likely N-dealkylation sites (N-methyl/N-ethyl adjacent to an activating group) is 1. The standard InChI is InChI=1S/C66H115N2O6P/c1-6-8-10-12-14-16-18-20-22-24-26-28-30-32-33-34-36-37-39-41-43-45-47-49-51-53-55-57-59-65(69)64(63-74-75(71,72)73-62-61-68(3,4)5)67-66(70)60-58-56-54-52-50-48-46-44-42-40-38-35-31-29-27-25-23-21-19-17-15-13-11-9-7-2/h9,11,15,17,21,23,27,29,35,38,41-44,48-51,57,59,64-65,69H,6-8,10,12-14,16,18-20,22,24-26,28,30-34,36-37,39-40,45-47,52-56,58,60-63H2,1-5H3,(H-,67,70,71,72)/b11-9-,17-15-,23-21-,29-27-,38-35-,43-41+,44-42-,50-48-,51-49+,59-57+. The molecule has 0 fully saturated rings. The lowest BCUT2D eigenvalue weighted by Gasteiger charge is -2.29. The van der Waals surface area contributed by atoms with Gasteiger partial charge in [-0.1, -0.05) is 251 Å². The van der Waals surface area contributed by atoms with Gasteiger partial charge in [0, 0.05) is 6.42 Å². The lowest BCUT2D eigenvalue weighted by molar-refractivity contribution is -0.870. The van der Waals surface area contributed by atoms with Crippen LogP contribution in [0.5, 0.6) is 0 Å². The van der Waals surface area contributed by atoms with E-state index in [0.717, 1.165) is 83.5 Å². The van der Waals surface area contributed by atoms with Gasteiger partial charge in [0.15, 0.2) is 0 Å². The van der Waals surface area contributed by atoms with Crippen molar-refractivity contribution in [3.8, 4) is 0 Å². The molecule has 0 saturated carbocycles. The summed E-state index contributed by atoms with van der Waals surface area (Å²) < 4.78 is 23.3. The Balaban J connectivity index is 4.36. The van der Waals surface area contributed by atoms with Crippen molar-refractivity contribution in [3.63, 3.8) is 0 Å². The Kier molecular flexibility index (Phi) is 53.3. The molecule has 0 aliphatic heterocycles. The molecular weight excluding hydrogens is 948 g/mol. The first-order chi connectivity index (χ1) is 36.5. The Hall–Kier alpha value is -3.10. The molecule has 0 rings (SSSR count). The highest BCUT2D eigenvalue weighted by atomic mass is 31.2. The minimum Gasteiger partial charge on any atom is -0.756 e. The first-order valence-corrected chi connectivity index (χ1v) is 31.9. The fourth-order valence-electron chi connectivity index (χ4n) is 8.16. The summed E-state index contributed by atoms with van der Waals surface area (Å²) in [5.74, 6) is -0.247. The molecule has 0 saturated heterocycles. The van der Waals surface area contributed by atoms with Gasteiger partial charge in [-0.25, -0.2) is 0 Å². The van der Waals surface area contributed by atoms with Gasteiger partial charge in [-0.15, -0.1) is 0 Å². The van der Waals surface area contributed by atoms with Crippen LogP contribution in [-0.4, -0.2) is 68.5 Å². The third kappa shape index (κ3) is 58.4. The van der Waals surface area contributed by atoms with Crippen molar-refractivity contribution in [2.75, 3.05) is 40.9 Å². The molecule has 9 heteroatoms. The number of unbranched alkanes of at least 4 members (excludes halogenated alkanes) is 23. The Morgan fingerprint density at radius 2 is 0.827 bits per heavy atom. The van der Waals surface area contributed by atoms with E-state index in [4.69, 9.17) is 9.05 Å². The van der Waals surface area contributed by atoms with Gasteiger partial charge in [0.25, 0.3) is 7.82 Å². The number of carbonyl (C=O) groups excluding carboxylic acids is 1. The number of carbonyl (C=O) groups is 1. The van der Waals surface area contributed by atoms with Gasteiger partial charge in [0.1, 0.15) is 13.2 Å². The van der Waals surface area contributed by atoms with Crippen molar-refractivity contribution >= 4 is 13.7 Å². The molecule has 0 bridgehead atoms. The first kappa shape index (κ1) is 71.9. The maximum absolute atomic E-state index is 13.0. The van der Waals surface area contributed by atoms with Crippen molar-refractivity contribution in [2.45, 2.75) is 251 Å². The van der Waals surface area contributed by atoms with Gasteiger partial charge in [-0.3, -0.25) is 9.36 Å². The number of quaternary nitrogens is 1. The van der Waals surface area contributed by atoms with Gasteiger partial charge >= 0.3 is 0 Å². The van der Waals surface area contributed by atoms with Gasteiger partial charge in [-0.05, 0) is 103 Å². The minimum atomic E-state index is -4.63. The molecule has 8 nitrogen and oxygen atoms in total. The highest BCUT2D eigenvalue weighted by molar-refractivity contribution is 7.45. The van der Waals surface area contributed by atoms with Crippen LogP contribution in [0.4, 0.5) is 0 Å². The molecule has 0 heterocycles. The molecule has 0 aliphatic carbocycles. The molecule has 75 heavy (non-hydrogen) atoms. The summed E-state index contributed by atoms with van der Waals surface area (Å²) in [7, 11) is 1.19. The summed E-state index contributed by atoms with van der Waals surface area (Å²) in [4.78, 5) is 25.5. The number of rotatable bonds is 54. The van der Waals surface area contributed by atoms with E-state index in [0.29, 0.717) is 23.9 Å². The summed E-state index contributed by atoms with van der Waals surface area (Å²) in [5.41, 5.74) is 0. The molecule has 0 aromatic heterocycles. The molecule has 3 unspecified atom stereocenters. The smallest absolute Gasteiger partial charge is 0.268 e. The molecule has 0 aliphatic rings. The van der Waals surface area contributed by atoms with E-state index in [1.807, 2.05) is 27.2 Å². The predicted octanol–water partition coefficient (Wildman–Crippen LogP) is 18.3. The van der Waals surface area contributed by atoms with Gasteiger partial charge < -0.3 is 28.8 Å². The third-order valence-corrected chi connectivity index (χ3v) is 13.8. The van der Waals surface area contributed by atoms with E-state index in [1.54, 1.807) is 6.08 Å². The number of aliphatic hydroxyl groups excluding tert-OH is 1. The lowest BCUT2D eigenvalue weighted by atomic mass is 10.0. The molecule has 2 N–H and O–H groups in total. The lowest BCUT2D eigenvalue weighted by Crippen LogP contribution is -2.45. The Morgan fingerprint density at radius 3 is 1.24 bits per heavy atom. The number of hydrogen-bond donors (Lipinski definition) is 2. The monoisotopic (exact) mass is 1060 g/mol. The SMILES string of the molecule is CC/C=C\C/C=C\C/C=C\C/C=C\C/C=C\C/C=C\C/C=C\CCCCCC(=O)NC(COP(=O)([O-])OCC[N+](C)(C)C)C(O)/C=C/CC/C=C/CC/C=C/CCCCCCCCCCCCCCCCCCCC. The molecule has 430 valence electrons. The summed E-state index contributed by atoms with van der Waals surface area (Å²) >= 11 is 0. The van der Waals surface area contributed by atoms with Gasteiger partial charge in [0.05, 0.1) is 39.9 Å². The maximum Gasteiger partial charge on any atom is 0.268 e. The number of amides is 1. The third-order valence-electron chi connectivity index (χ3n) is 12.9. The second kappa shape index (κ2) is 55.6. The molecule has 0 spiro atoms. The molecule has 3 atom stereocenters. The summed E-state index contributed by atoms with van der Waals surface area (Å²) in [5, 5.41) is 13.9. The first-order valence-electron chi connectivity index (χ1n) is 30.4. The number of hydrogen-bond acceptors (Lipinski definition) is 6. The molecule has 0 radical (unpaired) electrons. The zero-order valence-electron chi connectivity index (χ0n) is 49.0.